The number of hydrogen-bond donors (Lipinski definition) is 1. The Hall–Kier alpha value is -1.12. The second kappa shape index (κ2) is 3.69. The lowest BCUT2D eigenvalue weighted by Crippen LogP contribution is -2.35. The Morgan fingerprint density at radius 2 is 1.94 bits per heavy atom. The van der Waals surface area contributed by atoms with E-state index < -0.39 is 0 Å². The highest BCUT2D eigenvalue weighted by Crippen LogP contribution is 2.44. The molecule has 1 aromatic heterocycles. The molecule has 0 saturated heterocycles. The standard InChI is InChI=1S/C15H23N3/c1-14(2)7-12-11(15(3,4)9-14)8-16-13(18-12)17-10-5-6-10/h8,10H,5-7,9H2,1-4H3,(H,16,17,18). The molecular weight excluding hydrogens is 222 g/mol. The maximum Gasteiger partial charge on any atom is 0.223 e. The summed E-state index contributed by atoms with van der Waals surface area (Å²) < 4.78 is 0. The van der Waals surface area contributed by atoms with Gasteiger partial charge in [-0.25, -0.2) is 9.97 Å². The van der Waals surface area contributed by atoms with Crippen LogP contribution in [0.3, 0.4) is 0 Å². The summed E-state index contributed by atoms with van der Waals surface area (Å²) in [6.45, 7) is 9.30. The number of aromatic nitrogens is 2. The maximum absolute atomic E-state index is 4.76. The largest absolute Gasteiger partial charge is 0.351 e. The number of nitrogens with one attached hydrogen (secondary N) is 1. The summed E-state index contributed by atoms with van der Waals surface area (Å²) in [7, 11) is 0. The van der Waals surface area contributed by atoms with E-state index in [1.54, 1.807) is 0 Å². The number of fused-ring (bicyclic) bond motifs is 1. The Balaban J connectivity index is 1.96. The first-order chi connectivity index (χ1) is 8.36. The number of hydrogen-bond acceptors (Lipinski definition) is 3. The SMILES string of the molecule is CC1(C)Cc2nc(NC3CC3)ncc2C(C)(C)C1. The van der Waals surface area contributed by atoms with Gasteiger partial charge in [-0.1, -0.05) is 27.7 Å². The van der Waals surface area contributed by atoms with Crippen LogP contribution in [0.25, 0.3) is 0 Å². The second-order valence-corrected chi connectivity index (χ2v) is 7.37. The fourth-order valence-electron chi connectivity index (χ4n) is 3.40. The summed E-state index contributed by atoms with van der Waals surface area (Å²) in [5.41, 5.74) is 3.11. The summed E-state index contributed by atoms with van der Waals surface area (Å²) in [5, 5.41) is 3.40. The molecule has 1 aromatic rings. The smallest absolute Gasteiger partial charge is 0.223 e. The summed E-state index contributed by atoms with van der Waals surface area (Å²) in [6, 6.07) is 0.618. The molecule has 0 aromatic carbocycles. The second-order valence-electron chi connectivity index (χ2n) is 7.37. The van der Waals surface area contributed by atoms with Gasteiger partial charge < -0.3 is 5.32 Å². The number of nitrogens with zero attached hydrogens (tertiary/aromatic N) is 2. The van der Waals surface area contributed by atoms with E-state index >= 15 is 0 Å². The summed E-state index contributed by atoms with van der Waals surface area (Å²) in [5.74, 6) is 0.824. The van der Waals surface area contributed by atoms with Gasteiger partial charge in [0.05, 0.1) is 5.69 Å². The lowest BCUT2D eigenvalue weighted by Gasteiger charge is -2.41. The average Bonchev–Trinajstić information content (AvgIpc) is 2.97. The van der Waals surface area contributed by atoms with Crippen LogP contribution in [0.1, 0.15) is 58.2 Å². The third kappa shape index (κ3) is 2.23. The molecule has 1 saturated carbocycles. The highest BCUT2D eigenvalue weighted by atomic mass is 15.1. The third-order valence-electron chi connectivity index (χ3n) is 4.07. The first kappa shape index (κ1) is 11.9. The highest BCUT2D eigenvalue weighted by Gasteiger charge is 2.38. The van der Waals surface area contributed by atoms with Crippen LogP contribution in [0.4, 0.5) is 5.95 Å². The van der Waals surface area contributed by atoms with E-state index in [2.05, 4.69) is 38.0 Å². The van der Waals surface area contributed by atoms with Crippen molar-refractivity contribution in [2.45, 2.75) is 64.8 Å². The van der Waals surface area contributed by atoms with Crippen LogP contribution < -0.4 is 5.32 Å². The molecule has 18 heavy (non-hydrogen) atoms. The van der Waals surface area contributed by atoms with Gasteiger partial charge in [-0.15, -0.1) is 0 Å². The molecule has 0 atom stereocenters. The highest BCUT2D eigenvalue weighted by molar-refractivity contribution is 5.37. The predicted molar refractivity (Wildman–Crippen MR) is 73.8 cm³/mol. The average molecular weight is 245 g/mol. The maximum atomic E-state index is 4.76. The zero-order valence-electron chi connectivity index (χ0n) is 11.9. The molecule has 2 aliphatic rings. The Bertz CT molecular complexity index is 473. The molecule has 3 nitrogen and oxygen atoms in total. The topological polar surface area (TPSA) is 37.8 Å². The first-order valence-electron chi connectivity index (χ1n) is 6.99. The fraction of sp³-hybridized carbons (Fsp3) is 0.733. The zero-order chi connectivity index (χ0) is 13.0. The van der Waals surface area contributed by atoms with Gasteiger partial charge in [-0.2, -0.15) is 0 Å². The molecule has 1 N–H and O–H groups in total. The Labute approximate surface area is 109 Å². The van der Waals surface area contributed by atoms with Crippen molar-refractivity contribution in [3.05, 3.63) is 17.5 Å². The molecule has 1 heterocycles. The van der Waals surface area contributed by atoms with E-state index in [4.69, 9.17) is 4.98 Å². The van der Waals surface area contributed by atoms with Crippen molar-refractivity contribution >= 4 is 5.95 Å². The van der Waals surface area contributed by atoms with Gasteiger partial charge in [0.25, 0.3) is 0 Å². The van der Waals surface area contributed by atoms with E-state index in [1.165, 1.54) is 30.5 Å². The van der Waals surface area contributed by atoms with Crippen molar-refractivity contribution in [3.63, 3.8) is 0 Å². The molecule has 3 rings (SSSR count). The normalized spacial score (nSPS) is 24.4. The zero-order valence-corrected chi connectivity index (χ0v) is 11.9. The van der Waals surface area contributed by atoms with Crippen molar-refractivity contribution < 1.29 is 0 Å². The lowest BCUT2D eigenvalue weighted by atomic mass is 9.64. The van der Waals surface area contributed by atoms with Crippen LogP contribution in [-0.4, -0.2) is 16.0 Å². The quantitative estimate of drug-likeness (QED) is 0.868. The van der Waals surface area contributed by atoms with Crippen molar-refractivity contribution in [2.24, 2.45) is 5.41 Å². The Morgan fingerprint density at radius 1 is 1.22 bits per heavy atom. The van der Waals surface area contributed by atoms with E-state index in [9.17, 15) is 0 Å². The van der Waals surface area contributed by atoms with Crippen molar-refractivity contribution in [3.8, 4) is 0 Å². The molecule has 0 unspecified atom stereocenters. The van der Waals surface area contributed by atoms with E-state index in [0.717, 1.165) is 12.4 Å². The molecule has 1 fully saturated rings. The summed E-state index contributed by atoms with van der Waals surface area (Å²) >= 11 is 0. The van der Waals surface area contributed by atoms with E-state index in [1.807, 2.05) is 6.20 Å². The predicted octanol–water partition coefficient (Wildman–Crippen LogP) is 3.30. The minimum absolute atomic E-state index is 0.190. The van der Waals surface area contributed by atoms with Crippen LogP contribution in [0, 0.1) is 5.41 Å². The molecule has 0 radical (unpaired) electrons. The van der Waals surface area contributed by atoms with Gasteiger partial charge in [0, 0.05) is 12.2 Å². The molecule has 3 heteroatoms. The van der Waals surface area contributed by atoms with Crippen molar-refractivity contribution in [1.29, 1.82) is 0 Å². The summed E-state index contributed by atoms with van der Waals surface area (Å²) in [6.07, 6.45) is 6.83. The van der Waals surface area contributed by atoms with Crippen LogP contribution in [0.5, 0.6) is 0 Å². The summed E-state index contributed by atoms with van der Waals surface area (Å²) in [4.78, 5) is 9.26. The fourth-order valence-corrected chi connectivity index (χ4v) is 3.40. The van der Waals surface area contributed by atoms with Gasteiger partial charge in [-0.3, -0.25) is 0 Å². The van der Waals surface area contributed by atoms with E-state index in [0.29, 0.717) is 11.5 Å². The van der Waals surface area contributed by atoms with Crippen LogP contribution >= 0.6 is 0 Å². The van der Waals surface area contributed by atoms with Crippen molar-refractivity contribution in [2.75, 3.05) is 5.32 Å². The third-order valence-corrected chi connectivity index (χ3v) is 4.07. The first-order valence-corrected chi connectivity index (χ1v) is 6.99. The van der Waals surface area contributed by atoms with Gasteiger partial charge in [-0.05, 0) is 42.1 Å². The molecule has 0 bridgehead atoms. The van der Waals surface area contributed by atoms with Gasteiger partial charge in [0.2, 0.25) is 5.95 Å². The molecule has 0 spiro atoms. The van der Waals surface area contributed by atoms with Crippen LogP contribution in [0.2, 0.25) is 0 Å². The number of rotatable bonds is 2. The number of anilines is 1. The van der Waals surface area contributed by atoms with Gasteiger partial charge in [0.15, 0.2) is 0 Å². The van der Waals surface area contributed by atoms with Crippen LogP contribution in [0.15, 0.2) is 6.20 Å². The van der Waals surface area contributed by atoms with Crippen molar-refractivity contribution in [1.82, 2.24) is 9.97 Å². The minimum Gasteiger partial charge on any atom is -0.351 e. The molecule has 98 valence electrons. The Morgan fingerprint density at radius 3 is 2.61 bits per heavy atom. The minimum atomic E-state index is 0.190. The molecule has 2 aliphatic carbocycles. The molecule has 0 amide bonds. The van der Waals surface area contributed by atoms with Crippen LogP contribution in [-0.2, 0) is 11.8 Å². The molecular formula is C15H23N3. The lowest BCUT2D eigenvalue weighted by molar-refractivity contribution is 0.227. The van der Waals surface area contributed by atoms with Gasteiger partial charge >= 0.3 is 0 Å². The van der Waals surface area contributed by atoms with Gasteiger partial charge in [0.1, 0.15) is 0 Å². The monoisotopic (exact) mass is 245 g/mol. The molecule has 0 aliphatic heterocycles. The Kier molecular flexibility index (Phi) is 2.45. The van der Waals surface area contributed by atoms with E-state index in [-0.39, 0.29) is 5.41 Å².